The van der Waals surface area contributed by atoms with Crippen LogP contribution >= 0.6 is 0 Å². The van der Waals surface area contributed by atoms with Gasteiger partial charge in [0, 0.05) is 6.42 Å². The molecule has 0 nitrogen and oxygen atoms in total. The van der Waals surface area contributed by atoms with Crippen LogP contribution in [-0.4, -0.2) is 0 Å². The molecule has 0 saturated carbocycles. The summed E-state index contributed by atoms with van der Waals surface area (Å²) in [6, 6.07) is 10.7. The summed E-state index contributed by atoms with van der Waals surface area (Å²) in [5.41, 5.74) is 1.44. The second-order valence-corrected chi connectivity index (χ2v) is 3.63. The van der Waals surface area contributed by atoms with E-state index in [1.165, 1.54) is 18.4 Å². The molecule has 0 heteroatoms. The Hall–Kier alpha value is -1.22. The lowest BCUT2D eigenvalue weighted by Gasteiger charge is -2.09. The van der Waals surface area contributed by atoms with Gasteiger partial charge < -0.3 is 0 Å². The van der Waals surface area contributed by atoms with Crippen LogP contribution in [0.1, 0.15) is 44.6 Å². The van der Waals surface area contributed by atoms with Gasteiger partial charge in [-0.3, -0.25) is 0 Å². The van der Waals surface area contributed by atoms with Gasteiger partial charge in [0.1, 0.15) is 0 Å². The summed E-state index contributed by atoms with van der Waals surface area (Å²) in [5.74, 6) is 6.70. The van der Waals surface area contributed by atoms with Crippen molar-refractivity contribution in [1.29, 1.82) is 0 Å². The number of hydrogen-bond acceptors (Lipinski definition) is 0. The third-order valence-electron chi connectivity index (χ3n) is 2.48. The molecule has 0 aromatic heterocycles. The van der Waals surface area contributed by atoms with Gasteiger partial charge in [-0.2, -0.15) is 0 Å². The van der Waals surface area contributed by atoms with Crippen LogP contribution in [0.3, 0.4) is 0 Å². The van der Waals surface area contributed by atoms with Crippen molar-refractivity contribution >= 4 is 0 Å². The van der Waals surface area contributed by atoms with Crippen molar-refractivity contribution < 1.29 is 0 Å². The van der Waals surface area contributed by atoms with Crippen molar-refractivity contribution in [1.82, 2.24) is 0 Å². The number of benzene rings is 1. The average Bonchev–Trinajstić information content (AvgIpc) is 2.25. The lowest BCUT2D eigenvalue weighted by atomic mass is 9.96. The lowest BCUT2D eigenvalue weighted by Crippen LogP contribution is -1.92. The fraction of sp³-hybridized carbons (Fsp3) is 0.429. The largest absolute Gasteiger partial charge is 0.107 e. The van der Waals surface area contributed by atoms with Gasteiger partial charge in [0.05, 0.1) is 0 Å². The Kier molecular flexibility index (Phi) is 4.86. The summed E-state index contributed by atoms with van der Waals surface area (Å²) in [6.07, 6.45) is 3.48. The molecular weight excluding hydrogens is 168 g/mol. The van der Waals surface area contributed by atoms with E-state index in [-0.39, 0.29) is 0 Å². The average molecular weight is 186 g/mol. The molecule has 1 atom stereocenters. The van der Waals surface area contributed by atoms with Crippen molar-refractivity contribution in [2.45, 2.75) is 39.0 Å². The molecule has 0 heterocycles. The molecule has 1 unspecified atom stereocenters. The predicted molar refractivity (Wildman–Crippen MR) is 62.2 cm³/mol. The molecule has 0 aliphatic rings. The fourth-order valence-corrected chi connectivity index (χ4v) is 1.57. The Morgan fingerprint density at radius 3 is 2.57 bits per heavy atom. The van der Waals surface area contributed by atoms with Gasteiger partial charge in [-0.05, 0) is 31.2 Å². The fourth-order valence-electron chi connectivity index (χ4n) is 1.57. The topological polar surface area (TPSA) is 0 Å². The normalized spacial score (nSPS) is 11.6. The van der Waals surface area contributed by atoms with E-state index in [9.17, 15) is 0 Å². The molecule has 74 valence electrons. The zero-order valence-corrected chi connectivity index (χ0v) is 9.09. The summed E-state index contributed by atoms with van der Waals surface area (Å²) in [5, 5.41) is 0. The highest BCUT2D eigenvalue weighted by molar-refractivity contribution is 5.18. The highest BCUT2D eigenvalue weighted by atomic mass is 14.1. The van der Waals surface area contributed by atoms with Crippen molar-refractivity contribution in [3.05, 3.63) is 35.9 Å². The number of unbranched alkanes of at least 4 members (excludes halogenated alkanes) is 1. The van der Waals surface area contributed by atoms with Crippen LogP contribution in [0.4, 0.5) is 0 Å². The second-order valence-electron chi connectivity index (χ2n) is 3.63. The molecule has 0 saturated heterocycles. The Labute approximate surface area is 87.4 Å². The van der Waals surface area contributed by atoms with E-state index < -0.39 is 0 Å². The summed E-state index contributed by atoms with van der Waals surface area (Å²) in [4.78, 5) is 0. The monoisotopic (exact) mass is 186 g/mol. The van der Waals surface area contributed by atoms with Gasteiger partial charge in [-0.15, -0.1) is 11.8 Å². The van der Waals surface area contributed by atoms with Gasteiger partial charge >= 0.3 is 0 Å². The van der Waals surface area contributed by atoms with Crippen LogP contribution in [-0.2, 0) is 0 Å². The maximum absolute atomic E-state index is 3.11. The molecule has 0 radical (unpaired) electrons. The first-order valence-corrected chi connectivity index (χ1v) is 5.29. The first kappa shape index (κ1) is 10.9. The Bertz CT molecular complexity index is 300. The van der Waals surface area contributed by atoms with Gasteiger partial charge in [0.2, 0.25) is 0 Å². The molecule has 0 aliphatic heterocycles. The zero-order valence-electron chi connectivity index (χ0n) is 9.09. The molecule has 0 bridgehead atoms. The van der Waals surface area contributed by atoms with Crippen LogP contribution in [0.2, 0.25) is 0 Å². The zero-order chi connectivity index (χ0) is 10.2. The third-order valence-corrected chi connectivity index (χ3v) is 2.48. The van der Waals surface area contributed by atoms with Crippen molar-refractivity contribution in [3.63, 3.8) is 0 Å². The van der Waals surface area contributed by atoms with E-state index in [1.807, 2.05) is 6.92 Å². The second kappa shape index (κ2) is 6.27. The lowest BCUT2D eigenvalue weighted by molar-refractivity contribution is 0.644. The highest BCUT2D eigenvalue weighted by Crippen LogP contribution is 2.20. The summed E-state index contributed by atoms with van der Waals surface area (Å²) >= 11 is 0. The quantitative estimate of drug-likeness (QED) is 0.493. The molecular formula is C14H18. The van der Waals surface area contributed by atoms with Crippen LogP contribution < -0.4 is 0 Å². The van der Waals surface area contributed by atoms with Crippen LogP contribution in [0, 0.1) is 11.8 Å². The minimum Gasteiger partial charge on any atom is -0.107 e. The van der Waals surface area contributed by atoms with Crippen LogP contribution in [0.5, 0.6) is 0 Å². The number of rotatable bonds is 4. The first-order valence-electron chi connectivity index (χ1n) is 5.29. The highest BCUT2D eigenvalue weighted by Gasteiger charge is 2.02. The minimum atomic E-state index is 0.662. The summed E-state index contributed by atoms with van der Waals surface area (Å²) in [7, 11) is 0. The van der Waals surface area contributed by atoms with E-state index in [1.54, 1.807) is 0 Å². The minimum absolute atomic E-state index is 0.662. The summed E-state index contributed by atoms with van der Waals surface area (Å²) in [6.45, 7) is 4.19. The number of hydrogen-bond donors (Lipinski definition) is 0. The first-order chi connectivity index (χ1) is 6.84. The molecule has 0 fully saturated rings. The molecule has 14 heavy (non-hydrogen) atoms. The standard InChI is InChI=1S/C14H18/c1-3-4-5-7-10-13(2)14-11-8-6-9-12-14/h6,8-9,11-13H,5,7,10H2,1-2H3. The van der Waals surface area contributed by atoms with E-state index in [0.717, 1.165) is 6.42 Å². The molecule has 1 aromatic carbocycles. The van der Waals surface area contributed by atoms with E-state index in [0.29, 0.717) is 5.92 Å². The third kappa shape index (κ3) is 3.66. The molecule has 0 aliphatic carbocycles. The van der Waals surface area contributed by atoms with Crippen molar-refractivity contribution in [2.75, 3.05) is 0 Å². The van der Waals surface area contributed by atoms with E-state index in [2.05, 4.69) is 49.1 Å². The smallest absolute Gasteiger partial charge is 0.00887 e. The van der Waals surface area contributed by atoms with E-state index in [4.69, 9.17) is 0 Å². The maximum atomic E-state index is 3.11. The van der Waals surface area contributed by atoms with Gasteiger partial charge in [0.15, 0.2) is 0 Å². The van der Waals surface area contributed by atoms with Crippen LogP contribution in [0.15, 0.2) is 30.3 Å². The molecule has 0 N–H and O–H groups in total. The molecule has 0 amide bonds. The Morgan fingerprint density at radius 2 is 1.93 bits per heavy atom. The van der Waals surface area contributed by atoms with Crippen molar-refractivity contribution in [2.24, 2.45) is 0 Å². The maximum Gasteiger partial charge on any atom is 0.00887 e. The molecule has 0 spiro atoms. The van der Waals surface area contributed by atoms with Gasteiger partial charge in [0.25, 0.3) is 0 Å². The van der Waals surface area contributed by atoms with E-state index >= 15 is 0 Å². The predicted octanol–water partition coefficient (Wildman–Crippen LogP) is 3.98. The van der Waals surface area contributed by atoms with Gasteiger partial charge in [-0.25, -0.2) is 0 Å². The molecule has 1 rings (SSSR count). The van der Waals surface area contributed by atoms with Gasteiger partial charge in [-0.1, -0.05) is 37.3 Å². The Balaban J connectivity index is 2.34. The Morgan fingerprint density at radius 1 is 1.21 bits per heavy atom. The summed E-state index contributed by atoms with van der Waals surface area (Å²) < 4.78 is 0. The van der Waals surface area contributed by atoms with Crippen LogP contribution in [0.25, 0.3) is 0 Å². The molecule has 1 aromatic rings. The van der Waals surface area contributed by atoms with Crippen molar-refractivity contribution in [3.8, 4) is 11.8 Å². The SMILES string of the molecule is CC#CCCCC(C)c1ccccc1.